The molecule has 0 aliphatic carbocycles. The van der Waals surface area contributed by atoms with Crippen LogP contribution in [0.3, 0.4) is 0 Å². The van der Waals surface area contributed by atoms with E-state index in [1.165, 1.54) is 47.3 Å². The minimum absolute atomic E-state index is 0.658. The number of benzene rings is 7. The quantitative estimate of drug-likeness (QED) is 0.204. The maximum atomic E-state index is 5.14. The zero-order valence-electron chi connectivity index (χ0n) is 24.2. The van der Waals surface area contributed by atoms with Crippen LogP contribution in [0.5, 0.6) is 0 Å². The molecule has 0 saturated carbocycles. The Hall–Kier alpha value is -5.71. The highest BCUT2D eigenvalue weighted by atomic mass is 32.1. The van der Waals surface area contributed by atoms with E-state index in [0.29, 0.717) is 17.5 Å². The Morgan fingerprint density at radius 1 is 0.356 bits per heavy atom. The second-order valence-electron chi connectivity index (χ2n) is 11.3. The van der Waals surface area contributed by atoms with Crippen molar-refractivity contribution in [1.29, 1.82) is 0 Å². The lowest BCUT2D eigenvalue weighted by atomic mass is 10.00. The summed E-state index contributed by atoms with van der Waals surface area (Å²) in [4.78, 5) is 15.2. The molecule has 210 valence electrons. The zero-order chi connectivity index (χ0) is 29.7. The van der Waals surface area contributed by atoms with Crippen molar-refractivity contribution in [3.05, 3.63) is 152 Å². The van der Waals surface area contributed by atoms with Crippen LogP contribution in [0.25, 0.3) is 87.0 Å². The average Bonchev–Trinajstić information content (AvgIpc) is 3.51. The molecule has 7 aromatic carbocycles. The van der Waals surface area contributed by atoms with Gasteiger partial charge < -0.3 is 0 Å². The van der Waals surface area contributed by atoms with E-state index in [0.717, 1.165) is 22.3 Å². The SMILES string of the molecule is c1ccc(-c2nc(-c3ccc(-c4ccc5ccccc5c4)cc3)nc(-c3cccc4sc5ccc6ccccc6c5c34)n2)cc1. The number of aromatic nitrogens is 3. The van der Waals surface area contributed by atoms with Gasteiger partial charge in [0, 0.05) is 36.9 Å². The van der Waals surface area contributed by atoms with E-state index in [9.17, 15) is 0 Å². The molecule has 2 heterocycles. The van der Waals surface area contributed by atoms with Crippen molar-refractivity contribution < 1.29 is 0 Å². The Balaban J connectivity index is 1.23. The molecule has 45 heavy (non-hydrogen) atoms. The molecule has 0 bridgehead atoms. The topological polar surface area (TPSA) is 38.7 Å². The fourth-order valence-corrected chi connectivity index (χ4v) is 7.44. The van der Waals surface area contributed by atoms with Gasteiger partial charge in [0.2, 0.25) is 0 Å². The molecule has 3 nitrogen and oxygen atoms in total. The first kappa shape index (κ1) is 25.8. The van der Waals surface area contributed by atoms with Crippen LogP contribution in [0.15, 0.2) is 152 Å². The van der Waals surface area contributed by atoms with Crippen molar-refractivity contribution in [1.82, 2.24) is 15.0 Å². The van der Waals surface area contributed by atoms with Crippen LogP contribution >= 0.6 is 11.3 Å². The van der Waals surface area contributed by atoms with E-state index >= 15 is 0 Å². The first-order valence-electron chi connectivity index (χ1n) is 15.0. The molecule has 0 saturated heterocycles. The van der Waals surface area contributed by atoms with Crippen LogP contribution in [0.1, 0.15) is 0 Å². The minimum atomic E-state index is 0.658. The highest BCUT2D eigenvalue weighted by Crippen LogP contribution is 2.43. The van der Waals surface area contributed by atoms with Gasteiger partial charge in [0.1, 0.15) is 0 Å². The van der Waals surface area contributed by atoms with E-state index in [4.69, 9.17) is 15.0 Å². The fraction of sp³-hybridized carbons (Fsp3) is 0. The molecule has 0 unspecified atom stereocenters. The summed E-state index contributed by atoms with van der Waals surface area (Å²) in [5, 5.41) is 7.40. The summed E-state index contributed by atoms with van der Waals surface area (Å²) in [7, 11) is 0. The molecule has 0 radical (unpaired) electrons. The van der Waals surface area contributed by atoms with Crippen molar-refractivity contribution in [3.63, 3.8) is 0 Å². The van der Waals surface area contributed by atoms with Crippen molar-refractivity contribution in [2.75, 3.05) is 0 Å². The molecular formula is C41H25N3S. The van der Waals surface area contributed by atoms with E-state index < -0.39 is 0 Å². The monoisotopic (exact) mass is 591 g/mol. The molecular weight excluding hydrogens is 567 g/mol. The van der Waals surface area contributed by atoms with Crippen LogP contribution in [0, 0.1) is 0 Å². The van der Waals surface area contributed by atoms with Crippen LogP contribution in [0.2, 0.25) is 0 Å². The molecule has 0 atom stereocenters. The number of nitrogens with zero attached hydrogens (tertiary/aromatic N) is 3. The van der Waals surface area contributed by atoms with E-state index in [1.807, 2.05) is 29.5 Å². The maximum Gasteiger partial charge on any atom is 0.164 e. The zero-order valence-corrected chi connectivity index (χ0v) is 25.0. The molecule has 0 spiro atoms. The summed E-state index contributed by atoms with van der Waals surface area (Å²) in [5.41, 5.74) is 5.27. The Labute approximate surface area is 264 Å². The van der Waals surface area contributed by atoms with Crippen LogP contribution < -0.4 is 0 Å². The van der Waals surface area contributed by atoms with Gasteiger partial charge in [-0.05, 0) is 50.9 Å². The van der Waals surface area contributed by atoms with Gasteiger partial charge in [-0.15, -0.1) is 11.3 Å². The number of fused-ring (bicyclic) bond motifs is 6. The Kier molecular flexibility index (Phi) is 6.00. The lowest BCUT2D eigenvalue weighted by Gasteiger charge is -2.11. The largest absolute Gasteiger partial charge is 0.208 e. The van der Waals surface area contributed by atoms with Gasteiger partial charge in [-0.2, -0.15) is 0 Å². The number of hydrogen-bond donors (Lipinski definition) is 0. The minimum Gasteiger partial charge on any atom is -0.208 e. The van der Waals surface area contributed by atoms with Gasteiger partial charge in [-0.1, -0.05) is 133 Å². The first-order chi connectivity index (χ1) is 22.3. The first-order valence-corrected chi connectivity index (χ1v) is 15.8. The second kappa shape index (κ2) is 10.5. The summed E-state index contributed by atoms with van der Waals surface area (Å²) in [5.74, 6) is 2.00. The van der Waals surface area contributed by atoms with Crippen LogP contribution in [0.4, 0.5) is 0 Å². The summed E-state index contributed by atoms with van der Waals surface area (Å²) in [6, 6.07) is 53.3. The number of rotatable bonds is 4. The third-order valence-corrected chi connectivity index (χ3v) is 9.64. The smallest absolute Gasteiger partial charge is 0.164 e. The van der Waals surface area contributed by atoms with Gasteiger partial charge in [-0.25, -0.2) is 15.0 Å². The summed E-state index contributed by atoms with van der Waals surface area (Å²) < 4.78 is 2.49. The predicted octanol–water partition coefficient (Wildman–Crippen LogP) is 11.2. The molecule has 0 aliphatic heterocycles. The third-order valence-electron chi connectivity index (χ3n) is 8.52. The van der Waals surface area contributed by atoms with E-state index in [1.54, 1.807) is 0 Å². The van der Waals surface area contributed by atoms with Crippen LogP contribution in [-0.2, 0) is 0 Å². The van der Waals surface area contributed by atoms with Gasteiger partial charge in [0.25, 0.3) is 0 Å². The second-order valence-corrected chi connectivity index (χ2v) is 12.3. The Morgan fingerprint density at radius 2 is 0.956 bits per heavy atom. The highest BCUT2D eigenvalue weighted by Gasteiger charge is 2.18. The molecule has 0 N–H and O–H groups in total. The van der Waals surface area contributed by atoms with Gasteiger partial charge in [-0.3, -0.25) is 0 Å². The normalized spacial score (nSPS) is 11.6. The molecule has 4 heteroatoms. The van der Waals surface area contributed by atoms with Crippen molar-refractivity contribution in [3.8, 4) is 45.3 Å². The lowest BCUT2D eigenvalue weighted by Crippen LogP contribution is -2.00. The predicted molar refractivity (Wildman–Crippen MR) is 189 cm³/mol. The lowest BCUT2D eigenvalue weighted by molar-refractivity contribution is 1.08. The third kappa shape index (κ3) is 4.46. The summed E-state index contributed by atoms with van der Waals surface area (Å²) >= 11 is 1.82. The standard InChI is InChI=1S/C41H25N3S/c1-2-11-29(12-3-1)39-42-40(30-20-17-27(18-21-30)32-22-19-26-9-4-5-13-31(26)25-32)44-41(43-39)34-15-8-16-35-38(34)37-33-14-7-6-10-28(33)23-24-36(37)45-35/h1-25H. The summed E-state index contributed by atoms with van der Waals surface area (Å²) in [6.45, 7) is 0. The van der Waals surface area contributed by atoms with Crippen molar-refractivity contribution in [2.45, 2.75) is 0 Å². The molecule has 0 amide bonds. The molecule has 9 rings (SSSR count). The molecule has 0 aliphatic rings. The van der Waals surface area contributed by atoms with Gasteiger partial charge in [0.15, 0.2) is 17.5 Å². The van der Waals surface area contributed by atoms with E-state index in [-0.39, 0.29) is 0 Å². The highest BCUT2D eigenvalue weighted by molar-refractivity contribution is 7.26. The number of hydrogen-bond acceptors (Lipinski definition) is 4. The fourth-order valence-electron chi connectivity index (χ4n) is 6.30. The average molecular weight is 592 g/mol. The maximum absolute atomic E-state index is 5.14. The molecule has 0 fully saturated rings. The Morgan fingerprint density at radius 3 is 1.78 bits per heavy atom. The Bertz CT molecular complexity index is 2530. The van der Waals surface area contributed by atoms with Gasteiger partial charge >= 0.3 is 0 Å². The number of thiophene rings is 1. The molecule has 9 aromatic rings. The summed E-state index contributed by atoms with van der Waals surface area (Å²) in [6.07, 6.45) is 0. The van der Waals surface area contributed by atoms with Crippen molar-refractivity contribution >= 4 is 53.1 Å². The molecule has 2 aromatic heterocycles. The van der Waals surface area contributed by atoms with Crippen LogP contribution in [-0.4, -0.2) is 15.0 Å². The van der Waals surface area contributed by atoms with Gasteiger partial charge in [0.05, 0.1) is 0 Å². The van der Waals surface area contributed by atoms with E-state index in [2.05, 4.69) is 133 Å². The van der Waals surface area contributed by atoms with Crippen molar-refractivity contribution in [2.24, 2.45) is 0 Å².